The lowest BCUT2D eigenvalue weighted by atomic mass is 9.90. The van der Waals surface area contributed by atoms with Crippen molar-refractivity contribution in [3.8, 4) is 17.6 Å². The number of nitrogens with zero attached hydrogens (tertiary/aromatic N) is 1. The summed E-state index contributed by atoms with van der Waals surface area (Å²) in [6, 6.07) is 12.0. The van der Waals surface area contributed by atoms with E-state index in [0.29, 0.717) is 22.2 Å². The van der Waals surface area contributed by atoms with Gasteiger partial charge in [0.2, 0.25) is 5.60 Å². The molecule has 1 unspecified atom stereocenters. The van der Waals surface area contributed by atoms with Crippen molar-refractivity contribution in [1.29, 1.82) is 5.26 Å². The fourth-order valence-corrected chi connectivity index (χ4v) is 3.36. The average molecular weight is 430 g/mol. The summed E-state index contributed by atoms with van der Waals surface area (Å²) in [7, 11) is 0. The third kappa shape index (κ3) is 3.67. The molecule has 0 saturated carbocycles. The molecule has 0 aliphatic carbocycles. The van der Waals surface area contributed by atoms with Crippen LogP contribution in [0.3, 0.4) is 0 Å². The van der Waals surface area contributed by atoms with E-state index in [-0.39, 0.29) is 17.9 Å². The van der Waals surface area contributed by atoms with Gasteiger partial charge in [-0.05, 0) is 47.5 Å². The van der Waals surface area contributed by atoms with E-state index >= 15 is 0 Å². The van der Waals surface area contributed by atoms with Gasteiger partial charge in [-0.2, -0.15) is 5.26 Å². The predicted molar refractivity (Wildman–Crippen MR) is 99.6 cm³/mol. The van der Waals surface area contributed by atoms with Crippen LogP contribution >= 0.6 is 15.9 Å². The van der Waals surface area contributed by atoms with Crippen LogP contribution in [0.15, 0.2) is 40.9 Å². The summed E-state index contributed by atoms with van der Waals surface area (Å²) < 4.78 is 16.8. The van der Waals surface area contributed by atoms with E-state index in [4.69, 9.17) is 19.5 Å². The highest BCUT2D eigenvalue weighted by atomic mass is 79.9. The quantitative estimate of drug-likeness (QED) is 0.542. The number of cyclic esters (lactones) is 1. The van der Waals surface area contributed by atoms with Gasteiger partial charge in [-0.25, -0.2) is 9.59 Å². The first-order valence-corrected chi connectivity index (χ1v) is 9.07. The Bertz CT molecular complexity index is 965. The second kappa shape index (κ2) is 7.41. The minimum atomic E-state index is -1.47. The molecule has 2 aromatic carbocycles. The van der Waals surface area contributed by atoms with Crippen molar-refractivity contribution in [2.24, 2.45) is 0 Å². The highest BCUT2D eigenvalue weighted by Gasteiger charge is 2.44. The topological polar surface area (TPSA) is 85.6 Å². The van der Waals surface area contributed by atoms with E-state index in [0.717, 1.165) is 5.56 Å². The Hall–Kier alpha value is -2.85. The summed E-state index contributed by atoms with van der Waals surface area (Å²) in [5.41, 5.74) is 0.0474. The van der Waals surface area contributed by atoms with Gasteiger partial charge in [-0.3, -0.25) is 0 Å². The van der Waals surface area contributed by atoms with E-state index in [1.165, 1.54) is 19.1 Å². The maximum absolute atomic E-state index is 12.9. The summed E-state index contributed by atoms with van der Waals surface area (Å²) >= 11 is 3.30. The van der Waals surface area contributed by atoms with Gasteiger partial charge in [0.05, 0.1) is 28.3 Å². The SMILES string of the molecule is CCOc1cc(C#N)cc(Br)c1OC(=O)C1(C)Cc2ccccc2C(=O)O1. The van der Waals surface area contributed by atoms with Crippen LogP contribution in [0, 0.1) is 11.3 Å². The lowest BCUT2D eigenvalue weighted by Gasteiger charge is -2.32. The van der Waals surface area contributed by atoms with Crippen LogP contribution in [0.1, 0.15) is 35.3 Å². The Morgan fingerprint density at radius 3 is 2.81 bits per heavy atom. The summed E-state index contributed by atoms with van der Waals surface area (Å²) in [5.74, 6) is -0.906. The molecular formula is C20H16BrNO5. The van der Waals surface area contributed by atoms with Gasteiger partial charge in [-0.1, -0.05) is 18.2 Å². The van der Waals surface area contributed by atoms with Gasteiger partial charge in [0.1, 0.15) is 0 Å². The largest absolute Gasteiger partial charge is 0.490 e. The molecule has 2 aromatic rings. The molecule has 0 amide bonds. The van der Waals surface area contributed by atoms with Gasteiger partial charge in [0.25, 0.3) is 0 Å². The normalized spacial score (nSPS) is 18.1. The molecule has 1 heterocycles. The Kier molecular flexibility index (Phi) is 5.19. The van der Waals surface area contributed by atoms with Crippen LogP contribution in [0.2, 0.25) is 0 Å². The molecule has 0 aromatic heterocycles. The zero-order chi connectivity index (χ0) is 19.6. The van der Waals surface area contributed by atoms with Crippen molar-refractivity contribution in [2.75, 3.05) is 6.61 Å². The molecule has 138 valence electrons. The van der Waals surface area contributed by atoms with E-state index in [2.05, 4.69) is 15.9 Å². The van der Waals surface area contributed by atoms with Crippen LogP contribution < -0.4 is 9.47 Å². The van der Waals surface area contributed by atoms with Crippen molar-refractivity contribution in [2.45, 2.75) is 25.9 Å². The molecule has 6 nitrogen and oxygen atoms in total. The van der Waals surface area contributed by atoms with Crippen molar-refractivity contribution >= 4 is 27.9 Å². The molecule has 0 bridgehead atoms. The number of hydrogen-bond acceptors (Lipinski definition) is 6. The average Bonchev–Trinajstić information content (AvgIpc) is 2.64. The van der Waals surface area contributed by atoms with Crippen molar-refractivity contribution < 1.29 is 23.8 Å². The van der Waals surface area contributed by atoms with Crippen LogP contribution in [0.5, 0.6) is 11.5 Å². The molecule has 27 heavy (non-hydrogen) atoms. The van der Waals surface area contributed by atoms with Crippen LogP contribution in [-0.2, 0) is 16.0 Å². The van der Waals surface area contributed by atoms with E-state index < -0.39 is 17.5 Å². The van der Waals surface area contributed by atoms with E-state index in [9.17, 15) is 9.59 Å². The number of hydrogen-bond donors (Lipinski definition) is 0. The zero-order valence-corrected chi connectivity index (χ0v) is 16.3. The van der Waals surface area contributed by atoms with Crippen LogP contribution in [0.25, 0.3) is 0 Å². The summed E-state index contributed by atoms with van der Waals surface area (Å²) in [6.45, 7) is 3.62. The van der Waals surface area contributed by atoms with Crippen LogP contribution in [-0.4, -0.2) is 24.1 Å². The Morgan fingerprint density at radius 2 is 2.11 bits per heavy atom. The molecule has 3 rings (SSSR count). The van der Waals surface area contributed by atoms with Gasteiger partial charge < -0.3 is 14.2 Å². The number of rotatable bonds is 4. The molecule has 7 heteroatoms. The Labute approximate surface area is 164 Å². The number of nitriles is 1. The fraction of sp³-hybridized carbons (Fsp3) is 0.250. The van der Waals surface area contributed by atoms with E-state index in [1.54, 1.807) is 31.2 Å². The van der Waals surface area contributed by atoms with Gasteiger partial charge >= 0.3 is 11.9 Å². The number of esters is 2. The van der Waals surface area contributed by atoms with Crippen molar-refractivity contribution in [1.82, 2.24) is 0 Å². The monoisotopic (exact) mass is 429 g/mol. The first-order chi connectivity index (χ1) is 12.9. The molecule has 1 aliphatic heterocycles. The first kappa shape index (κ1) is 18.9. The van der Waals surface area contributed by atoms with Gasteiger partial charge in [-0.15, -0.1) is 0 Å². The summed E-state index contributed by atoms with van der Waals surface area (Å²) in [6.07, 6.45) is 0.200. The molecule has 1 aliphatic rings. The third-order valence-corrected chi connectivity index (χ3v) is 4.74. The lowest BCUT2D eigenvalue weighted by molar-refractivity contribution is -0.155. The fourth-order valence-electron chi connectivity index (χ4n) is 2.84. The maximum Gasteiger partial charge on any atom is 0.356 e. The third-order valence-electron chi connectivity index (χ3n) is 4.15. The molecule has 0 saturated heterocycles. The van der Waals surface area contributed by atoms with Crippen LogP contribution in [0.4, 0.5) is 0 Å². The van der Waals surface area contributed by atoms with Crippen molar-refractivity contribution in [3.63, 3.8) is 0 Å². The second-order valence-electron chi connectivity index (χ2n) is 6.17. The van der Waals surface area contributed by atoms with Crippen molar-refractivity contribution in [3.05, 3.63) is 57.6 Å². The molecule has 0 spiro atoms. The zero-order valence-electron chi connectivity index (χ0n) is 14.7. The van der Waals surface area contributed by atoms with Gasteiger partial charge in [0, 0.05) is 12.5 Å². The number of halogens is 1. The van der Waals surface area contributed by atoms with Gasteiger partial charge in [0.15, 0.2) is 11.5 Å². The number of fused-ring (bicyclic) bond motifs is 1. The summed E-state index contributed by atoms with van der Waals surface area (Å²) in [5, 5.41) is 9.10. The standard InChI is InChI=1S/C20H16BrNO5/c1-3-25-16-9-12(11-22)8-15(21)17(16)26-19(24)20(2)10-13-6-4-5-7-14(13)18(23)27-20/h4-9H,3,10H2,1-2H3. The predicted octanol–water partition coefficient (Wildman–Crippen LogP) is 3.80. The Morgan fingerprint density at radius 1 is 1.37 bits per heavy atom. The minimum Gasteiger partial charge on any atom is -0.490 e. The highest BCUT2D eigenvalue weighted by molar-refractivity contribution is 9.10. The minimum absolute atomic E-state index is 0.136. The Balaban J connectivity index is 1.92. The smallest absolute Gasteiger partial charge is 0.356 e. The number of ether oxygens (including phenoxy) is 3. The number of carbonyl (C=O) groups excluding carboxylic acids is 2. The molecule has 1 atom stereocenters. The highest BCUT2D eigenvalue weighted by Crippen LogP contribution is 2.38. The first-order valence-electron chi connectivity index (χ1n) is 8.28. The lowest BCUT2D eigenvalue weighted by Crippen LogP contribution is -2.48. The number of carbonyl (C=O) groups is 2. The van der Waals surface area contributed by atoms with E-state index in [1.807, 2.05) is 6.07 Å². The number of benzene rings is 2. The summed E-state index contributed by atoms with van der Waals surface area (Å²) in [4.78, 5) is 25.1. The second-order valence-corrected chi connectivity index (χ2v) is 7.03. The molecule has 0 fully saturated rings. The molecule has 0 N–H and O–H groups in total. The maximum atomic E-state index is 12.9. The molecular weight excluding hydrogens is 414 g/mol. The molecule has 0 radical (unpaired) electrons.